The van der Waals surface area contributed by atoms with E-state index in [2.05, 4.69) is 31.1 Å². The highest BCUT2D eigenvalue weighted by Crippen LogP contribution is 2.24. The summed E-state index contributed by atoms with van der Waals surface area (Å²) >= 11 is 3.40. The lowest BCUT2D eigenvalue weighted by Gasteiger charge is -2.05. The number of nitrogens with two attached hydrogens (primary N) is 1. The monoisotopic (exact) mass is 346 g/mol. The molecule has 0 aliphatic rings. The Morgan fingerprint density at radius 3 is 2.86 bits per heavy atom. The fraction of sp³-hybridized carbons (Fsp3) is 0.0714. The van der Waals surface area contributed by atoms with Crippen molar-refractivity contribution in [2.24, 2.45) is 0 Å². The Kier molecular flexibility index (Phi) is 3.83. The highest BCUT2D eigenvalue weighted by molar-refractivity contribution is 9.10. The van der Waals surface area contributed by atoms with Gasteiger partial charge < -0.3 is 15.0 Å². The van der Waals surface area contributed by atoms with Gasteiger partial charge >= 0.3 is 0 Å². The topological polar surface area (TPSA) is 87.1 Å². The Hall–Kier alpha value is -2.41. The van der Waals surface area contributed by atoms with Crippen LogP contribution in [0.15, 0.2) is 51.6 Å². The maximum Gasteiger partial charge on any atom is 0.264 e. The molecule has 3 aromatic rings. The number of nitrogen functional groups attached to an aromatic ring is 1. The van der Waals surface area contributed by atoms with E-state index in [0.717, 1.165) is 4.47 Å². The zero-order valence-corrected chi connectivity index (χ0v) is 12.4. The third-order valence-corrected chi connectivity index (χ3v) is 3.35. The molecule has 0 atom stereocenters. The normalized spacial score (nSPS) is 10.5. The summed E-state index contributed by atoms with van der Waals surface area (Å²) in [4.78, 5) is 8.45. The van der Waals surface area contributed by atoms with E-state index < -0.39 is 0 Å². The van der Waals surface area contributed by atoms with Gasteiger partial charge in [-0.2, -0.15) is 4.98 Å². The summed E-state index contributed by atoms with van der Waals surface area (Å²) in [5, 5.41) is 3.89. The van der Waals surface area contributed by atoms with E-state index in [9.17, 15) is 0 Å². The number of aromatic nitrogens is 3. The molecular formula is C14H11BrN4O2. The molecule has 2 N–H and O–H groups in total. The van der Waals surface area contributed by atoms with E-state index in [0.29, 0.717) is 28.8 Å². The highest BCUT2D eigenvalue weighted by Gasteiger charge is 2.13. The van der Waals surface area contributed by atoms with E-state index in [-0.39, 0.29) is 6.61 Å². The van der Waals surface area contributed by atoms with Gasteiger partial charge in [-0.25, -0.2) is 0 Å². The van der Waals surface area contributed by atoms with Crippen molar-refractivity contribution in [3.63, 3.8) is 0 Å². The molecule has 2 aromatic heterocycles. The molecule has 0 aliphatic heterocycles. The third kappa shape index (κ3) is 3.03. The molecule has 0 saturated heterocycles. The molecule has 0 bridgehead atoms. The predicted molar refractivity (Wildman–Crippen MR) is 80.4 cm³/mol. The van der Waals surface area contributed by atoms with Crippen molar-refractivity contribution in [1.29, 1.82) is 0 Å². The van der Waals surface area contributed by atoms with Gasteiger partial charge in [-0.05, 0) is 40.2 Å². The maximum atomic E-state index is 5.79. The largest absolute Gasteiger partial charge is 0.482 e. The van der Waals surface area contributed by atoms with Crippen molar-refractivity contribution in [3.8, 4) is 17.3 Å². The van der Waals surface area contributed by atoms with Crippen molar-refractivity contribution in [2.45, 2.75) is 6.61 Å². The molecule has 21 heavy (non-hydrogen) atoms. The van der Waals surface area contributed by atoms with E-state index in [1.165, 1.54) is 0 Å². The van der Waals surface area contributed by atoms with Crippen molar-refractivity contribution >= 4 is 21.6 Å². The zero-order valence-electron chi connectivity index (χ0n) is 10.9. The summed E-state index contributed by atoms with van der Waals surface area (Å²) in [7, 11) is 0. The molecule has 7 heteroatoms. The Balaban J connectivity index is 1.74. The minimum absolute atomic E-state index is 0.145. The van der Waals surface area contributed by atoms with Gasteiger partial charge in [0.05, 0.1) is 5.69 Å². The Bertz CT molecular complexity index is 760. The van der Waals surface area contributed by atoms with E-state index in [4.69, 9.17) is 15.0 Å². The van der Waals surface area contributed by atoms with Gasteiger partial charge in [0.15, 0.2) is 6.61 Å². The predicted octanol–water partition coefficient (Wildman–Crippen LogP) is 3.06. The lowest BCUT2D eigenvalue weighted by Crippen LogP contribution is -1.98. The fourth-order valence-corrected chi connectivity index (χ4v) is 2.14. The molecule has 0 unspecified atom stereocenters. The molecule has 6 nitrogen and oxygen atoms in total. The van der Waals surface area contributed by atoms with Crippen LogP contribution in [0.1, 0.15) is 5.89 Å². The van der Waals surface area contributed by atoms with Gasteiger partial charge in [0.2, 0.25) is 5.82 Å². The summed E-state index contributed by atoms with van der Waals surface area (Å²) < 4.78 is 11.5. The standard InChI is InChI=1S/C14H11BrN4O2/c15-9-4-3-7-17-13(9)14-18-12(21-19-14)8-20-11-6-2-1-5-10(11)16/h1-7H,8,16H2. The van der Waals surface area contributed by atoms with E-state index in [1.54, 1.807) is 18.3 Å². The van der Waals surface area contributed by atoms with Crippen LogP contribution in [0.25, 0.3) is 11.5 Å². The molecule has 106 valence electrons. The first-order chi connectivity index (χ1) is 10.2. The Morgan fingerprint density at radius 1 is 1.19 bits per heavy atom. The van der Waals surface area contributed by atoms with Crippen molar-refractivity contribution < 1.29 is 9.26 Å². The van der Waals surface area contributed by atoms with Crippen LogP contribution in [-0.2, 0) is 6.61 Å². The lowest BCUT2D eigenvalue weighted by atomic mass is 10.3. The van der Waals surface area contributed by atoms with E-state index >= 15 is 0 Å². The molecule has 0 fully saturated rings. The number of anilines is 1. The van der Waals surface area contributed by atoms with Crippen LogP contribution in [0, 0.1) is 0 Å². The fourth-order valence-electron chi connectivity index (χ4n) is 1.71. The van der Waals surface area contributed by atoms with Crippen molar-refractivity contribution in [1.82, 2.24) is 15.1 Å². The van der Waals surface area contributed by atoms with Crippen LogP contribution in [0.4, 0.5) is 5.69 Å². The minimum Gasteiger partial charge on any atom is -0.482 e. The molecule has 0 amide bonds. The molecular weight excluding hydrogens is 336 g/mol. The molecule has 3 rings (SSSR count). The first-order valence-electron chi connectivity index (χ1n) is 6.15. The number of rotatable bonds is 4. The van der Waals surface area contributed by atoms with Gasteiger partial charge in [0.1, 0.15) is 11.4 Å². The van der Waals surface area contributed by atoms with Crippen LogP contribution in [0.5, 0.6) is 5.75 Å². The summed E-state index contributed by atoms with van der Waals surface area (Å²) in [6, 6.07) is 10.9. The summed E-state index contributed by atoms with van der Waals surface area (Å²) in [5.74, 6) is 1.34. The highest BCUT2D eigenvalue weighted by atomic mass is 79.9. The SMILES string of the molecule is Nc1ccccc1OCc1nc(-c2ncccc2Br)no1. The van der Waals surface area contributed by atoms with Crippen LogP contribution in [-0.4, -0.2) is 15.1 Å². The number of pyridine rings is 1. The number of halogens is 1. The summed E-state index contributed by atoms with van der Waals surface area (Å²) in [6.07, 6.45) is 1.66. The Labute approximate surface area is 129 Å². The van der Waals surface area contributed by atoms with Crippen molar-refractivity contribution in [2.75, 3.05) is 5.73 Å². The maximum absolute atomic E-state index is 5.79. The number of hydrogen-bond donors (Lipinski definition) is 1. The van der Waals surface area contributed by atoms with Crippen LogP contribution in [0.3, 0.4) is 0 Å². The number of hydrogen-bond acceptors (Lipinski definition) is 6. The second kappa shape index (κ2) is 5.92. The van der Waals surface area contributed by atoms with Crippen LogP contribution >= 0.6 is 15.9 Å². The molecule has 1 aromatic carbocycles. The number of benzene rings is 1. The molecule has 0 radical (unpaired) electrons. The average molecular weight is 347 g/mol. The van der Waals surface area contributed by atoms with Gasteiger partial charge in [0, 0.05) is 10.7 Å². The summed E-state index contributed by atoms with van der Waals surface area (Å²) in [6.45, 7) is 0.145. The lowest BCUT2D eigenvalue weighted by molar-refractivity contribution is 0.244. The quantitative estimate of drug-likeness (QED) is 0.730. The Morgan fingerprint density at radius 2 is 2.05 bits per heavy atom. The van der Waals surface area contributed by atoms with Gasteiger partial charge in [-0.3, -0.25) is 4.98 Å². The average Bonchev–Trinajstić information content (AvgIpc) is 2.96. The first-order valence-corrected chi connectivity index (χ1v) is 6.94. The smallest absolute Gasteiger partial charge is 0.264 e. The van der Waals surface area contributed by atoms with Gasteiger partial charge in [-0.15, -0.1) is 0 Å². The zero-order chi connectivity index (χ0) is 14.7. The number of ether oxygens (including phenoxy) is 1. The van der Waals surface area contributed by atoms with Crippen LogP contribution in [0.2, 0.25) is 0 Å². The number of para-hydroxylation sites is 2. The summed E-state index contributed by atoms with van der Waals surface area (Å²) in [5.41, 5.74) is 6.97. The van der Waals surface area contributed by atoms with E-state index in [1.807, 2.05) is 24.3 Å². The van der Waals surface area contributed by atoms with Gasteiger partial charge in [-0.1, -0.05) is 17.3 Å². The molecule has 0 spiro atoms. The second-order valence-corrected chi connectivity index (χ2v) is 5.03. The number of nitrogens with zero attached hydrogens (tertiary/aromatic N) is 3. The molecule has 0 saturated carbocycles. The van der Waals surface area contributed by atoms with Crippen LogP contribution < -0.4 is 10.5 Å². The second-order valence-electron chi connectivity index (χ2n) is 4.17. The first kappa shape index (κ1) is 13.6. The van der Waals surface area contributed by atoms with Crippen molar-refractivity contribution in [3.05, 3.63) is 53.0 Å². The molecule has 2 heterocycles. The molecule has 0 aliphatic carbocycles. The minimum atomic E-state index is 0.145. The third-order valence-electron chi connectivity index (χ3n) is 2.71. The van der Waals surface area contributed by atoms with Gasteiger partial charge in [0.25, 0.3) is 5.89 Å².